The molecule has 0 unspecified atom stereocenters. The number of aryl methyl sites for hydroxylation is 1. The maximum absolute atomic E-state index is 13.0. The largest absolute Gasteiger partial charge is 0.207 e. The highest BCUT2D eigenvalue weighted by molar-refractivity contribution is 5.24. The van der Waals surface area contributed by atoms with Gasteiger partial charge in [-0.1, -0.05) is 26.8 Å². The van der Waals surface area contributed by atoms with E-state index in [1.54, 1.807) is 12.1 Å². The molecule has 0 atom stereocenters. The first-order chi connectivity index (χ1) is 5.87. The standard InChI is InChI=1S/C12H17F/c1-9-5-10(7-11(13)6-9)8-12(2,3)4/h5-7H,8H2,1-4H3. The second kappa shape index (κ2) is 3.49. The molecule has 0 aromatic heterocycles. The van der Waals surface area contributed by atoms with E-state index in [4.69, 9.17) is 0 Å². The fourth-order valence-electron chi connectivity index (χ4n) is 1.53. The van der Waals surface area contributed by atoms with Gasteiger partial charge in [-0.3, -0.25) is 0 Å². The van der Waals surface area contributed by atoms with Crippen molar-refractivity contribution in [3.8, 4) is 0 Å². The third-order valence-electron chi connectivity index (χ3n) is 1.84. The first-order valence-electron chi connectivity index (χ1n) is 4.63. The Balaban J connectivity index is 2.90. The van der Waals surface area contributed by atoms with Crippen molar-refractivity contribution < 1.29 is 4.39 Å². The van der Waals surface area contributed by atoms with Crippen molar-refractivity contribution in [1.82, 2.24) is 0 Å². The van der Waals surface area contributed by atoms with E-state index in [-0.39, 0.29) is 11.2 Å². The highest BCUT2D eigenvalue weighted by atomic mass is 19.1. The molecule has 1 aromatic rings. The number of benzene rings is 1. The molecular weight excluding hydrogens is 163 g/mol. The van der Waals surface area contributed by atoms with Crippen LogP contribution in [0.4, 0.5) is 4.39 Å². The van der Waals surface area contributed by atoms with E-state index in [0.29, 0.717) is 0 Å². The van der Waals surface area contributed by atoms with Crippen LogP contribution in [0.25, 0.3) is 0 Å². The van der Waals surface area contributed by atoms with Crippen LogP contribution in [0.3, 0.4) is 0 Å². The van der Waals surface area contributed by atoms with E-state index in [0.717, 1.165) is 17.5 Å². The average molecular weight is 180 g/mol. The molecule has 0 radical (unpaired) electrons. The number of rotatable bonds is 1. The SMILES string of the molecule is Cc1cc(F)cc(CC(C)(C)C)c1. The molecule has 0 fully saturated rings. The topological polar surface area (TPSA) is 0 Å². The summed E-state index contributed by atoms with van der Waals surface area (Å²) in [6, 6.07) is 5.23. The molecule has 0 aliphatic carbocycles. The van der Waals surface area contributed by atoms with Crippen LogP contribution in [0.15, 0.2) is 18.2 Å². The summed E-state index contributed by atoms with van der Waals surface area (Å²) in [5.41, 5.74) is 2.31. The van der Waals surface area contributed by atoms with Gasteiger partial charge in [-0.2, -0.15) is 0 Å². The molecule has 0 spiro atoms. The zero-order valence-corrected chi connectivity index (χ0v) is 8.82. The Morgan fingerprint density at radius 2 is 1.77 bits per heavy atom. The summed E-state index contributed by atoms with van der Waals surface area (Å²) in [4.78, 5) is 0. The van der Waals surface area contributed by atoms with Crippen molar-refractivity contribution in [2.45, 2.75) is 34.1 Å². The molecule has 0 aliphatic heterocycles. The fourth-order valence-corrected chi connectivity index (χ4v) is 1.53. The molecule has 1 heteroatoms. The van der Waals surface area contributed by atoms with Gasteiger partial charge >= 0.3 is 0 Å². The van der Waals surface area contributed by atoms with Crippen LogP contribution in [0.5, 0.6) is 0 Å². The first kappa shape index (κ1) is 10.2. The molecule has 0 heterocycles. The van der Waals surface area contributed by atoms with Crippen LogP contribution in [-0.4, -0.2) is 0 Å². The molecule has 0 aliphatic rings. The van der Waals surface area contributed by atoms with E-state index in [2.05, 4.69) is 20.8 Å². The molecule has 13 heavy (non-hydrogen) atoms. The van der Waals surface area contributed by atoms with Gasteiger partial charge in [0.25, 0.3) is 0 Å². The predicted molar refractivity (Wildman–Crippen MR) is 54.3 cm³/mol. The van der Waals surface area contributed by atoms with Gasteiger partial charge in [0, 0.05) is 0 Å². The molecule has 0 saturated heterocycles. The molecule has 72 valence electrons. The smallest absolute Gasteiger partial charge is 0.123 e. The van der Waals surface area contributed by atoms with Crippen LogP contribution in [0.1, 0.15) is 31.9 Å². The summed E-state index contributed by atoms with van der Waals surface area (Å²) < 4.78 is 13.0. The number of halogens is 1. The zero-order chi connectivity index (χ0) is 10.1. The van der Waals surface area contributed by atoms with Crippen LogP contribution in [0, 0.1) is 18.2 Å². The van der Waals surface area contributed by atoms with Crippen molar-refractivity contribution in [2.75, 3.05) is 0 Å². The highest BCUT2D eigenvalue weighted by Gasteiger charge is 2.11. The van der Waals surface area contributed by atoms with Crippen LogP contribution in [0.2, 0.25) is 0 Å². The molecule has 0 bridgehead atoms. The second-order valence-electron chi connectivity index (χ2n) is 4.87. The number of hydrogen-bond donors (Lipinski definition) is 0. The molecule has 1 rings (SSSR count). The van der Waals surface area contributed by atoms with Crippen molar-refractivity contribution >= 4 is 0 Å². The lowest BCUT2D eigenvalue weighted by Gasteiger charge is -2.18. The van der Waals surface area contributed by atoms with E-state index in [9.17, 15) is 4.39 Å². The quantitative estimate of drug-likeness (QED) is 0.618. The highest BCUT2D eigenvalue weighted by Crippen LogP contribution is 2.21. The van der Waals surface area contributed by atoms with Gasteiger partial charge in [0.2, 0.25) is 0 Å². The van der Waals surface area contributed by atoms with Gasteiger partial charge in [0.05, 0.1) is 0 Å². The van der Waals surface area contributed by atoms with Gasteiger partial charge in [-0.05, 0) is 42.0 Å². The van der Waals surface area contributed by atoms with E-state index in [1.807, 2.05) is 13.0 Å². The molecule has 0 amide bonds. The van der Waals surface area contributed by atoms with Crippen molar-refractivity contribution in [3.05, 3.63) is 35.1 Å². The molecule has 0 N–H and O–H groups in total. The minimum Gasteiger partial charge on any atom is -0.207 e. The summed E-state index contributed by atoms with van der Waals surface area (Å²) in [7, 11) is 0. The van der Waals surface area contributed by atoms with Crippen LogP contribution < -0.4 is 0 Å². The average Bonchev–Trinajstić information content (AvgIpc) is 1.78. The lowest BCUT2D eigenvalue weighted by atomic mass is 9.88. The van der Waals surface area contributed by atoms with E-state index in [1.165, 1.54) is 0 Å². The van der Waals surface area contributed by atoms with Crippen molar-refractivity contribution in [1.29, 1.82) is 0 Å². The van der Waals surface area contributed by atoms with Gasteiger partial charge in [-0.15, -0.1) is 0 Å². The zero-order valence-electron chi connectivity index (χ0n) is 8.82. The first-order valence-corrected chi connectivity index (χ1v) is 4.63. The Hall–Kier alpha value is -0.850. The summed E-state index contributed by atoms with van der Waals surface area (Å²) in [6.45, 7) is 8.41. The summed E-state index contributed by atoms with van der Waals surface area (Å²) in [5.74, 6) is -0.126. The Kier molecular flexibility index (Phi) is 2.74. The van der Waals surface area contributed by atoms with E-state index >= 15 is 0 Å². The Labute approximate surface area is 79.8 Å². The van der Waals surface area contributed by atoms with Gasteiger partial charge < -0.3 is 0 Å². The maximum atomic E-state index is 13.0. The normalized spacial score (nSPS) is 11.8. The summed E-state index contributed by atoms with van der Waals surface area (Å²) >= 11 is 0. The predicted octanol–water partition coefficient (Wildman–Crippen LogP) is 3.72. The number of hydrogen-bond acceptors (Lipinski definition) is 0. The maximum Gasteiger partial charge on any atom is 0.123 e. The molecule has 0 nitrogen and oxygen atoms in total. The van der Waals surface area contributed by atoms with Crippen molar-refractivity contribution in [3.63, 3.8) is 0 Å². The Bertz CT molecular complexity index is 274. The summed E-state index contributed by atoms with van der Waals surface area (Å²) in [5, 5.41) is 0. The Morgan fingerprint density at radius 1 is 1.15 bits per heavy atom. The summed E-state index contributed by atoms with van der Waals surface area (Å²) in [6.07, 6.45) is 0.922. The van der Waals surface area contributed by atoms with E-state index < -0.39 is 0 Å². The fraction of sp³-hybridized carbons (Fsp3) is 0.500. The van der Waals surface area contributed by atoms with Gasteiger partial charge in [-0.25, -0.2) is 4.39 Å². The van der Waals surface area contributed by atoms with Gasteiger partial charge in [0.1, 0.15) is 5.82 Å². The third kappa shape index (κ3) is 3.58. The lowest BCUT2D eigenvalue weighted by molar-refractivity contribution is 0.410. The minimum atomic E-state index is -0.126. The third-order valence-corrected chi connectivity index (χ3v) is 1.84. The van der Waals surface area contributed by atoms with Crippen molar-refractivity contribution in [2.24, 2.45) is 5.41 Å². The second-order valence-corrected chi connectivity index (χ2v) is 4.87. The monoisotopic (exact) mass is 180 g/mol. The van der Waals surface area contributed by atoms with Crippen LogP contribution >= 0.6 is 0 Å². The minimum absolute atomic E-state index is 0.126. The molecule has 0 saturated carbocycles. The Morgan fingerprint density at radius 3 is 2.23 bits per heavy atom. The lowest BCUT2D eigenvalue weighted by Crippen LogP contribution is -2.09. The molecule has 1 aromatic carbocycles. The molecular formula is C12H17F. The van der Waals surface area contributed by atoms with Gasteiger partial charge in [0.15, 0.2) is 0 Å². The van der Waals surface area contributed by atoms with Crippen LogP contribution in [-0.2, 0) is 6.42 Å².